The second-order valence-corrected chi connectivity index (χ2v) is 6.29. The lowest BCUT2D eigenvalue weighted by atomic mass is 10.1. The SMILES string of the molecule is CN(C)C(CNC(=O)Nc1ccc2c(c1)CCO2)c1ccc(F)cc1. The summed E-state index contributed by atoms with van der Waals surface area (Å²) in [6.07, 6.45) is 0.861. The van der Waals surface area contributed by atoms with E-state index in [1.807, 2.05) is 37.2 Å². The summed E-state index contributed by atoms with van der Waals surface area (Å²) in [5.41, 5.74) is 2.79. The molecule has 1 aliphatic rings. The lowest BCUT2D eigenvalue weighted by molar-refractivity contribution is 0.243. The molecule has 6 heteroatoms. The Morgan fingerprint density at radius 3 is 2.72 bits per heavy atom. The molecule has 0 bridgehead atoms. The van der Waals surface area contributed by atoms with E-state index < -0.39 is 0 Å². The number of nitrogens with one attached hydrogen (secondary N) is 2. The van der Waals surface area contributed by atoms with Crippen LogP contribution in [-0.2, 0) is 6.42 Å². The number of likely N-dealkylation sites (N-methyl/N-ethyl adjacent to an activating group) is 1. The van der Waals surface area contributed by atoms with Crippen LogP contribution in [0.5, 0.6) is 5.75 Å². The van der Waals surface area contributed by atoms with E-state index in [2.05, 4.69) is 10.6 Å². The van der Waals surface area contributed by atoms with E-state index in [1.54, 1.807) is 12.1 Å². The zero-order valence-corrected chi connectivity index (χ0v) is 14.4. The highest BCUT2D eigenvalue weighted by atomic mass is 19.1. The summed E-state index contributed by atoms with van der Waals surface area (Å²) in [5, 5.41) is 5.72. The van der Waals surface area contributed by atoms with Crippen molar-refractivity contribution in [2.45, 2.75) is 12.5 Å². The number of ether oxygens (including phenoxy) is 1. The van der Waals surface area contributed by atoms with Crippen LogP contribution >= 0.6 is 0 Å². The third-order valence-corrected chi connectivity index (χ3v) is 4.28. The molecule has 2 aromatic carbocycles. The number of nitrogens with zero attached hydrogens (tertiary/aromatic N) is 1. The molecule has 2 amide bonds. The van der Waals surface area contributed by atoms with Gasteiger partial charge in [-0.1, -0.05) is 12.1 Å². The first kappa shape index (κ1) is 17.2. The zero-order chi connectivity index (χ0) is 17.8. The Morgan fingerprint density at radius 1 is 1.24 bits per heavy atom. The highest BCUT2D eigenvalue weighted by Gasteiger charge is 2.16. The first-order valence-electron chi connectivity index (χ1n) is 8.25. The molecule has 1 atom stereocenters. The number of halogens is 1. The molecule has 2 aromatic rings. The van der Waals surface area contributed by atoms with Gasteiger partial charge in [0.05, 0.1) is 12.6 Å². The fourth-order valence-corrected chi connectivity index (χ4v) is 2.91. The van der Waals surface area contributed by atoms with Gasteiger partial charge in [-0.3, -0.25) is 0 Å². The lowest BCUT2D eigenvalue weighted by Crippen LogP contribution is -2.36. The third-order valence-electron chi connectivity index (χ3n) is 4.28. The minimum Gasteiger partial charge on any atom is -0.493 e. The molecule has 0 aliphatic carbocycles. The largest absolute Gasteiger partial charge is 0.493 e. The number of fused-ring (bicyclic) bond motifs is 1. The van der Waals surface area contributed by atoms with Crippen molar-refractivity contribution in [2.75, 3.05) is 32.6 Å². The van der Waals surface area contributed by atoms with Crippen molar-refractivity contribution in [3.8, 4) is 5.75 Å². The van der Waals surface area contributed by atoms with Gasteiger partial charge in [-0.05, 0) is 55.6 Å². The number of hydrogen-bond donors (Lipinski definition) is 2. The maximum absolute atomic E-state index is 13.1. The van der Waals surface area contributed by atoms with Crippen LogP contribution in [0.3, 0.4) is 0 Å². The average Bonchev–Trinajstić information content (AvgIpc) is 3.04. The van der Waals surface area contributed by atoms with Gasteiger partial charge in [0.15, 0.2) is 0 Å². The van der Waals surface area contributed by atoms with Gasteiger partial charge < -0.3 is 20.3 Å². The number of benzene rings is 2. The number of carbonyl (C=O) groups excluding carboxylic acids is 1. The molecule has 0 aromatic heterocycles. The van der Waals surface area contributed by atoms with Crippen molar-refractivity contribution in [2.24, 2.45) is 0 Å². The van der Waals surface area contributed by atoms with Crippen molar-refractivity contribution in [1.82, 2.24) is 10.2 Å². The van der Waals surface area contributed by atoms with Crippen molar-refractivity contribution in [3.63, 3.8) is 0 Å². The van der Waals surface area contributed by atoms with E-state index in [1.165, 1.54) is 12.1 Å². The summed E-state index contributed by atoms with van der Waals surface area (Å²) in [4.78, 5) is 14.2. The van der Waals surface area contributed by atoms with Crippen molar-refractivity contribution < 1.29 is 13.9 Å². The Bertz CT molecular complexity index is 747. The molecule has 0 spiro atoms. The van der Waals surface area contributed by atoms with Gasteiger partial charge in [0.25, 0.3) is 0 Å². The molecular weight excluding hydrogens is 321 g/mol. The molecule has 0 saturated heterocycles. The first-order valence-corrected chi connectivity index (χ1v) is 8.25. The van der Waals surface area contributed by atoms with E-state index in [0.29, 0.717) is 13.2 Å². The highest BCUT2D eigenvalue weighted by Crippen LogP contribution is 2.27. The van der Waals surface area contributed by atoms with E-state index in [4.69, 9.17) is 4.74 Å². The Hall–Kier alpha value is -2.60. The minimum atomic E-state index is -0.271. The van der Waals surface area contributed by atoms with Crippen LogP contribution in [0.15, 0.2) is 42.5 Å². The van der Waals surface area contributed by atoms with Gasteiger partial charge in [-0.2, -0.15) is 0 Å². The monoisotopic (exact) mass is 343 g/mol. The van der Waals surface area contributed by atoms with Gasteiger partial charge in [-0.15, -0.1) is 0 Å². The zero-order valence-electron chi connectivity index (χ0n) is 14.4. The van der Waals surface area contributed by atoms with Gasteiger partial charge in [0.1, 0.15) is 11.6 Å². The highest BCUT2D eigenvalue weighted by molar-refractivity contribution is 5.89. The molecule has 132 valence electrons. The summed E-state index contributed by atoms with van der Waals surface area (Å²) < 4.78 is 18.6. The Balaban J connectivity index is 1.59. The first-order chi connectivity index (χ1) is 12.0. The van der Waals surface area contributed by atoms with E-state index in [0.717, 1.165) is 29.0 Å². The third kappa shape index (κ3) is 4.28. The number of rotatable bonds is 5. The maximum Gasteiger partial charge on any atom is 0.319 e. The minimum absolute atomic E-state index is 0.0419. The van der Waals surface area contributed by atoms with Gasteiger partial charge in [0, 0.05) is 18.7 Å². The molecule has 1 aliphatic heterocycles. The summed E-state index contributed by atoms with van der Waals surface area (Å²) in [6.45, 7) is 1.10. The molecular formula is C19H22FN3O2. The average molecular weight is 343 g/mol. The second kappa shape index (κ2) is 7.53. The molecule has 0 fully saturated rings. The second-order valence-electron chi connectivity index (χ2n) is 6.29. The predicted octanol–water partition coefficient (Wildman–Crippen LogP) is 3.19. The van der Waals surface area contributed by atoms with Crippen LogP contribution in [0.4, 0.5) is 14.9 Å². The normalized spacial score (nSPS) is 13.9. The molecule has 1 unspecified atom stereocenters. The summed E-state index contributed by atoms with van der Waals surface area (Å²) >= 11 is 0. The van der Waals surface area contributed by atoms with E-state index in [-0.39, 0.29) is 17.9 Å². The molecule has 0 saturated carbocycles. The Morgan fingerprint density at radius 2 is 2.00 bits per heavy atom. The lowest BCUT2D eigenvalue weighted by Gasteiger charge is -2.25. The fourth-order valence-electron chi connectivity index (χ4n) is 2.91. The standard InChI is InChI=1S/C19H22FN3O2/c1-23(2)17(13-3-5-15(20)6-4-13)12-21-19(24)22-16-7-8-18-14(11-16)9-10-25-18/h3-8,11,17H,9-10,12H2,1-2H3,(H2,21,22,24). The van der Waals surface area contributed by atoms with Gasteiger partial charge >= 0.3 is 6.03 Å². The smallest absolute Gasteiger partial charge is 0.319 e. The molecule has 25 heavy (non-hydrogen) atoms. The number of anilines is 1. The van der Waals surface area contributed by atoms with E-state index >= 15 is 0 Å². The van der Waals surface area contributed by atoms with Crippen LogP contribution in [0, 0.1) is 5.82 Å². The number of urea groups is 1. The number of carbonyl (C=O) groups is 1. The Labute approximate surface area is 146 Å². The van der Waals surface area contributed by atoms with Crippen LogP contribution in [0.25, 0.3) is 0 Å². The number of hydrogen-bond acceptors (Lipinski definition) is 3. The maximum atomic E-state index is 13.1. The topological polar surface area (TPSA) is 53.6 Å². The molecule has 3 rings (SSSR count). The van der Waals surface area contributed by atoms with Crippen molar-refractivity contribution >= 4 is 11.7 Å². The molecule has 5 nitrogen and oxygen atoms in total. The van der Waals surface area contributed by atoms with Gasteiger partial charge in [-0.25, -0.2) is 9.18 Å². The van der Waals surface area contributed by atoms with Crippen LogP contribution < -0.4 is 15.4 Å². The summed E-state index contributed by atoms with van der Waals surface area (Å²) in [5.74, 6) is 0.613. The Kier molecular flexibility index (Phi) is 5.19. The van der Waals surface area contributed by atoms with Crippen LogP contribution in [0.2, 0.25) is 0 Å². The summed E-state index contributed by atoms with van der Waals surface area (Å²) in [6, 6.07) is 11.7. The van der Waals surface area contributed by atoms with Crippen molar-refractivity contribution in [3.05, 3.63) is 59.4 Å². The molecule has 1 heterocycles. The fraction of sp³-hybridized carbons (Fsp3) is 0.316. The van der Waals surface area contributed by atoms with Crippen LogP contribution in [-0.4, -0.2) is 38.2 Å². The molecule has 0 radical (unpaired) electrons. The number of amides is 2. The predicted molar refractivity (Wildman–Crippen MR) is 95.5 cm³/mol. The quantitative estimate of drug-likeness (QED) is 0.877. The van der Waals surface area contributed by atoms with Crippen LogP contribution in [0.1, 0.15) is 17.2 Å². The van der Waals surface area contributed by atoms with Gasteiger partial charge in [0.2, 0.25) is 0 Å². The molecule has 2 N–H and O–H groups in total. The van der Waals surface area contributed by atoms with Crippen molar-refractivity contribution in [1.29, 1.82) is 0 Å². The summed E-state index contributed by atoms with van der Waals surface area (Å²) in [7, 11) is 3.85. The van der Waals surface area contributed by atoms with E-state index in [9.17, 15) is 9.18 Å².